The predicted octanol–water partition coefficient (Wildman–Crippen LogP) is 8.19. The maximum Gasteiger partial charge on any atom is 0.114 e. The largest absolute Gasteiger partial charge is 0.495 e. The molecule has 0 amide bonds. The van der Waals surface area contributed by atoms with Crippen molar-refractivity contribution in [3.63, 3.8) is 0 Å². The van der Waals surface area contributed by atoms with Crippen LogP contribution in [-0.2, 0) is 18.9 Å². The van der Waals surface area contributed by atoms with Crippen LogP contribution in [0, 0.1) is 57.2 Å². The Bertz CT molecular complexity index is 1160. The van der Waals surface area contributed by atoms with Gasteiger partial charge >= 0.3 is 0 Å². The lowest BCUT2D eigenvalue weighted by atomic mass is 9.34. The van der Waals surface area contributed by atoms with E-state index in [1.165, 1.54) is 19.3 Å². The number of hydrogen-bond acceptors (Lipinski definition) is 5. The fraction of sp³-hybridized carbons (Fsp3) is 0.897. The van der Waals surface area contributed by atoms with Gasteiger partial charge in [-0.25, -0.2) is 0 Å². The van der Waals surface area contributed by atoms with Gasteiger partial charge in [0.2, 0.25) is 0 Å². The normalized spacial score (nSPS) is 49.7. The Morgan fingerprint density at radius 3 is 2.45 bits per heavy atom. The lowest BCUT2D eigenvalue weighted by molar-refractivity contribution is -0.290. The summed E-state index contributed by atoms with van der Waals surface area (Å²) in [5.41, 5.74) is 1.77. The number of likely N-dealkylation sites (N-methyl/N-ethyl adjacent to an activating group) is 1. The first kappa shape index (κ1) is 33.0. The quantitative estimate of drug-likeness (QED) is 0.281. The van der Waals surface area contributed by atoms with Gasteiger partial charge in [-0.05, 0) is 101 Å². The number of allylic oxidation sites excluding steroid dienone is 2. The number of fused-ring (bicyclic) bond motifs is 3. The number of ether oxygens (including phenoxy) is 4. The molecule has 5 nitrogen and oxygen atoms in total. The van der Waals surface area contributed by atoms with E-state index in [4.69, 9.17) is 18.9 Å². The summed E-state index contributed by atoms with van der Waals surface area (Å²) in [5, 5.41) is 3.56. The van der Waals surface area contributed by atoms with E-state index in [0.717, 1.165) is 25.9 Å². The Morgan fingerprint density at radius 1 is 1.09 bits per heavy atom. The summed E-state index contributed by atoms with van der Waals surface area (Å²) in [7, 11) is 3.98. The van der Waals surface area contributed by atoms with E-state index in [1.54, 1.807) is 5.57 Å². The highest BCUT2D eigenvalue weighted by Gasteiger charge is 2.73. The minimum absolute atomic E-state index is 0.0106. The molecule has 0 aromatic rings. The fourth-order valence-corrected chi connectivity index (χ4v) is 12.3. The Morgan fingerprint density at radius 2 is 1.82 bits per heavy atom. The lowest BCUT2D eigenvalue weighted by Gasteiger charge is -2.73. The maximum absolute atomic E-state index is 7.02. The molecule has 13 unspecified atom stereocenters. The highest BCUT2D eigenvalue weighted by Crippen LogP contribution is 2.76. The molecule has 13 atom stereocenters. The summed E-state index contributed by atoms with van der Waals surface area (Å²) in [5.74, 6) is 3.15. The minimum Gasteiger partial charge on any atom is -0.495 e. The number of hydrogen-bond donors (Lipinski definition) is 1. The molecular weight excluding hydrogens is 546 g/mol. The van der Waals surface area contributed by atoms with Crippen LogP contribution in [-0.4, -0.2) is 56.8 Å². The molecule has 4 bridgehead atoms. The third-order valence-corrected chi connectivity index (χ3v) is 16.1. The average Bonchev–Trinajstić information content (AvgIpc) is 2.99. The molecule has 2 aliphatic heterocycles. The van der Waals surface area contributed by atoms with Crippen molar-refractivity contribution in [2.45, 2.75) is 137 Å². The number of nitrogens with one attached hydrogen (secondary N) is 1. The van der Waals surface area contributed by atoms with Gasteiger partial charge in [-0.3, -0.25) is 0 Å². The molecule has 44 heavy (non-hydrogen) atoms. The third kappa shape index (κ3) is 4.03. The molecule has 4 aliphatic carbocycles. The SMILES string of the molecule is CNC(C)(COC1C(OC)CC23C4=CCC56C=COC(C(C)C(C)C)(CCC5(C)C4CCC2C1(C)COC3C)C6C)C(C)C. The van der Waals surface area contributed by atoms with Crippen molar-refractivity contribution >= 4 is 0 Å². The molecule has 0 radical (unpaired) electrons. The monoisotopic (exact) mass is 611 g/mol. The van der Waals surface area contributed by atoms with Crippen LogP contribution in [0.3, 0.4) is 0 Å². The predicted molar refractivity (Wildman–Crippen MR) is 178 cm³/mol. The van der Waals surface area contributed by atoms with Crippen LogP contribution >= 0.6 is 0 Å². The standard InChI is InChI=1S/C39H65NO4/c1-24(2)26(5)39-18-17-35(9)29-13-14-32-34(8)22-42-28(7)38(32,30(29)15-16-37(35,27(39)6)19-20-44-39)21-31(41-12)33(34)43-23-36(10,40-11)25(3)4/h15,19-20,24-29,31-33,40H,13-14,16-18,21-23H2,1-12H3. The van der Waals surface area contributed by atoms with Gasteiger partial charge in [-0.1, -0.05) is 67.0 Å². The summed E-state index contributed by atoms with van der Waals surface area (Å²) < 4.78 is 27.1. The second kappa shape index (κ2) is 10.8. The van der Waals surface area contributed by atoms with Gasteiger partial charge in [0, 0.05) is 34.8 Å². The second-order valence-electron chi connectivity index (χ2n) is 17.7. The average molecular weight is 612 g/mol. The van der Waals surface area contributed by atoms with Crippen LogP contribution in [0.2, 0.25) is 0 Å². The molecule has 0 aromatic heterocycles. The Labute approximate surface area is 269 Å². The molecule has 250 valence electrons. The van der Waals surface area contributed by atoms with Gasteiger partial charge in [0.1, 0.15) is 5.60 Å². The number of rotatable bonds is 8. The second-order valence-corrected chi connectivity index (χ2v) is 17.7. The van der Waals surface area contributed by atoms with E-state index in [1.807, 2.05) is 7.11 Å². The van der Waals surface area contributed by atoms with E-state index >= 15 is 0 Å². The van der Waals surface area contributed by atoms with E-state index in [-0.39, 0.29) is 51.1 Å². The molecular formula is C39H65NO4. The molecule has 0 aromatic carbocycles. The summed E-state index contributed by atoms with van der Waals surface area (Å²) in [4.78, 5) is 0. The maximum atomic E-state index is 7.02. The van der Waals surface area contributed by atoms with E-state index < -0.39 is 0 Å². The molecule has 4 fully saturated rings. The van der Waals surface area contributed by atoms with Crippen LogP contribution in [0.25, 0.3) is 0 Å². The highest BCUT2D eigenvalue weighted by molar-refractivity contribution is 5.39. The zero-order valence-corrected chi connectivity index (χ0v) is 30.2. The summed E-state index contributed by atoms with van der Waals surface area (Å²) in [6, 6.07) is 0. The smallest absolute Gasteiger partial charge is 0.114 e. The van der Waals surface area contributed by atoms with Crippen LogP contribution < -0.4 is 5.32 Å². The summed E-state index contributed by atoms with van der Waals surface area (Å²) in [6.45, 7) is 25.5. The highest BCUT2D eigenvalue weighted by atomic mass is 16.5. The van der Waals surface area contributed by atoms with E-state index in [2.05, 4.69) is 100 Å². The zero-order chi connectivity index (χ0) is 32.1. The minimum atomic E-state index is -0.0980. The van der Waals surface area contributed by atoms with Gasteiger partial charge in [-0.15, -0.1) is 0 Å². The van der Waals surface area contributed by atoms with Crippen molar-refractivity contribution in [3.05, 3.63) is 24.0 Å². The van der Waals surface area contributed by atoms with Crippen molar-refractivity contribution in [1.29, 1.82) is 0 Å². The summed E-state index contributed by atoms with van der Waals surface area (Å²) >= 11 is 0. The van der Waals surface area contributed by atoms with Gasteiger partial charge in [0.25, 0.3) is 0 Å². The molecule has 6 rings (SSSR count). The molecule has 3 saturated carbocycles. The fourth-order valence-electron chi connectivity index (χ4n) is 12.3. The topological polar surface area (TPSA) is 49.0 Å². The van der Waals surface area contributed by atoms with Crippen LogP contribution in [0.1, 0.15) is 108 Å². The van der Waals surface area contributed by atoms with Crippen LogP contribution in [0.4, 0.5) is 0 Å². The first-order chi connectivity index (χ1) is 20.6. The van der Waals surface area contributed by atoms with Gasteiger partial charge < -0.3 is 24.3 Å². The first-order valence-electron chi connectivity index (χ1n) is 18.1. The molecule has 1 N–H and O–H groups in total. The van der Waals surface area contributed by atoms with E-state index in [9.17, 15) is 0 Å². The number of methoxy groups -OCH3 is 1. The first-order valence-corrected chi connectivity index (χ1v) is 18.1. The van der Waals surface area contributed by atoms with Gasteiger partial charge in [0.15, 0.2) is 0 Å². The Hall–Kier alpha value is -0.880. The third-order valence-electron chi connectivity index (χ3n) is 16.1. The van der Waals surface area contributed by atoms with Gasteiger partial charge in [-0.2, -0.15) is 0 Å². The van der Waals surface area contributed by atoms with E-state index in [0.29, 0.717) is 42.1 Å². The van der Waals surface area contributed by atoms with Crippen molar-refractivity contribution in [1.82, 2.24) is 5.32 Å². The van der Waals surface area contributed by atoms with Gasteiger partial charge in [0.05, 0.1) is 37.8 Å². The van der Waals surface area contributed by atoms with Crippen LogP contribution in [0.15, 0.2) is 24.0 Å². The molecule has 5 heteroatoms. The van der Waals surface area contributed by atoms with Crippen molar-refractivity contribution < 1.29 is 18.9 Å². The van der Waals surface area contributed by atoms with Crippen molar-refractivity contribution in [2.24, 2.45) is 57.2 Å². The van der Waals surface area contributed by atoms with Crippen molar-refractivity contribution in [2.75, 3.05) is 27.4 Å². The zero-order valence-electron chi connectivity index (χ0n) is 30.2. The Balaban J connectivity index is 1.40. The molecule has 1 spiro atoms. The molecule has 1 saturated heterocycles. The summed E-state index contributed by atoms with van der Waals surface area (Å²) in [6.07, 6.45) is 14.6. The van der Waals surface area contributed by atoms with Crippen molar-refractivity contribution in [3.8, 4) is 0 Å². The molecule has 2 heterocycles. The Kier molecular flexibility index (Phi) is 8.13. The molecule has 6 aliphatic rings. The lowest BCUT2D eigenvalue weighted by Crippen LogP contribution is -2.72. The van der Waals surface area contributed by atoms with Crippen LogP contribution in [0.5, 0.6) is 0 Å².